The van der Waals surface area contributed by atoms with Crippen LogP contribution in [0.15, 0.2) is 168 Å². The number of carboxylic acid groups (broad SMARTS) is 1. The normalized spacial score (nSPS) is 12.0. The van der Waals surface area contributed by atoms with Gasteiger partial charge in [-0.3, -0.25) is 19.9 Å². The maximum atomic E-state index is 13.8. The zero-order valence-electron chi connectivity index (χ0n) is 43.6. The Bertz CT molecular complexity index is 4140. The largest absolute Gasteiger partial charge is 0.490 e. The van der Waals surface area contributed by atoms with Gasteiger partial charge in [-0.05, 0) is 80.4 Å². The molecule has 2 aromatic carbocycles. The van der Waals surface area contributed by atoms with E-state index in [1.54, 1.807) is 54.6 Å². The lowest BCUT2D eigenvalue weighted by Crippen LogP contribution is -2.41. The summed E-state index contributed by atoms with van der Waals surface area (Å²) in [5, 5.41) is 28.0. The van der Waals surface area contributed by atoms with Crippen LogP contribution in [0.25, 0.3) is 56.1 Å². The molecule has 0 saturated carbocycles. The number of benzene rings is 2. The first-order valence-electron chi connectivity index (χ1n) is 24.4. The molecular formula is C54H47F7N14O6S2. The number of nitrogens with two attached hydrogens (primary N) is 1. The second-order valence-corrected chi connectivity index (χ2v) is 21.9. The lowest BCUT2D eigenvalue weighted by atomic mass is 10.1. The summed E-state index contributed by atoms with van der Waals surface area (Å²) in [6.45, 7) is 5.56. The standard InChI is InChI=1S/C28H27F2N7O2S.C24H19F2N7O2S.C2HF3O2/c1-28(2,3)36-40(38,39)22-15-19(16-32-23(22)25(29)30)26-34-27(33-17-20-11-7-8-13-31-20)24-21(12-14-37(24)35-26)18-9-5-4-6-10-18;25-22(26)20-19(36(27,34)35)12-16(13-29-20)23-31-24(30-14-17-8-4-5-10-28-17)21-18(9-11-33(21)32-23)15-6-2-1-3-7-15;3-2(4,5)1(6)7/h4-16,25,36H,17H2,1-3H3,(H,33,34,35);1-13,22H,14H2,(H2,27,34,35)(H,30,31,32);(H,6,7). The van der Waals surface area contributed by atoms with Crippen LogP contribution in [0.2, 0.25) is 0 Å². The molecule has 0 spiro atoms. The molecule has 8 heterocycles. The van der Waals surface area contributed by atoms with Crippen LogP contribution < -0.4 is 20.5 Å². The summed E-state index contributed by atoms with van der Waals surface area (Å²) in [6, 6.07) is 36.4. The van der Waals surface area contributed by atoms with Gasteiger partial charge in [0.25, 0.3) is 12.9 Å². The van der Waals surface area contributed by atoms with Gasteiger partial charge in [0.15, 0.2) is 23.3 Å². The van der Waals surface area contributed by atoms with E-state index in [0.717, 1.165) is 58.2 Å². The molecule has 0 radical (unpaired) electrons. The minimum atomic E-state index is -5.08. The lowest BCUT2D eigenvalue weighted by Gasteiger charge is -2.21. The molecule has 6 N–H and O–H groups in total. The van der Waals surface area contributed by atoms with Crippen molar-refractivity contribution in [3.8, 4) is 45.0 Å². The number of hydrogen-bond acceptors (Lipinski definition) is 15. The molecule has 0 saturated heterocycles. The van der Waals surface area contributed by atoms with Gasteiger partial charge in [0, 0.05) is 65.0 Å². The molecular weight excluding hydrogens is 1140 g/mol. The average Bonchev–Trinajstić information content (AvgIpc) is 3.99. The molecule has 0 bridgehead atoms. The molecule has 0 unspecified atom stereocenters. The monoisotopic (exact) mass is 1180 g/mol. The third-order valence-electron chi connectivity index (χ3n) is 11.5. The van der Waals surface area contributed by atoms with Gasteiger partial charge in [0.2, 0.25) is 20.0 Å². The molecule has 0 atom stereocenters. The Labute approximate surface area is 468 Å². The quantitative estimate of drug-likeness (QED) is 0.0597. The number of alkyl halides is 7. The first-order chi connectivity index (χ1) is 39.3. The summed E-state index contributed by atoms with van der Waals surface area (Å²) >= 11 is 0. The van der Waals surface area contributed by atoms with Crippen LogP contribution in [0.4, 0.5) is 42.4 Å². The van der Waals surface area contributed by atoms with E-state index >= 15 is 0 Å². The van der Waals surface area contributed by atoms with Crippen molar-refractivity contribution < 1.29 is 57.5 Å². The smallest absolute Gasteiger partial charge is 0.475 e. The Balaban J connectivity index is 0.000000195. The van der Waals surface area contributed by atoms with E-state index in [-0.39, 0.29) is 22.8 Å². The van der Waals surface area contributed by atoms with Crippen LogP contribution in [0.5, 0.6) is 0 Å². The van der Waals surface area contributed by atoms with Crippen LogP contribution in [-0.4, -0.2) is 88.8 Å². The number of sulfonamides is 2. The zero-order valence-corrected chi connectivity index (χ0v) is 45.2. The maximum absolute atomic E-state index is 13.8. The van der Waals surface area contributed by atoms with Crippen molar-refractivity contribution in [2.45, 2.75) is 68.2 Å². The number of nitrogens with one attached hydrogen (secondary N) is 3. The summed E-state index contributed by atoms with van der Waals surface area (Å²) < 4.78 is 142. The number of nitrogens with zero attached hydrogens (tertiary/aromatic N) is 10. The third-order valence-corrected chi connectivity index (χ3v) is 14.2. The topological polar surface area (TPSA) is 280 Å². The summed E-state index contributed by atoms with van der Waals surface area (Å²) in [5.41, 5.74) is 4.13. The van der Waals surface area contributed by atoms with Gasteiger partial charge < -0.3 is 15.7 Å². The van der Waals surface area contributed by atoms with E-state index in [0.29, 0.717) is 35.8 Å². The van der Waals surface area contributed by atoms with Gasteiger partial charge in [0.1, 0.15) is 32.2 Å². The van der Waals surface area contributed by atoms with Gasteiger partial charge in [-0.1, -0.05) is 72.8 Å². The van der Waals surface area contributed by atoms with E-state index in [2.05, 4.69) is 50.5 Å². The molecule has 83 heavy (non-hydrogen) atoms. The van der Waals surface area contributed by atoms with E-state index in [1.165, 1.54) is 0 Å². The minimum Gasteiger partial charge on any atom is -0.475 e. The number of fused-ring (bicyclic) bond motifs is 2. The molecule has 20 nitrogen and oxygen atoms in total. The molecule has 0 aliphatic carbocycles. The molecule has 430 valence electrons. The predicted molar refractivity (Wildman–Crippen MR) is 291 cm³/mol. The van der Waals surface area contributed by atoms with Crippen molar-refractivity contribution in [3.63, 3.8) is 0 Å². The molecule has 29 heteroatoms. The molecule has 10 rings (SSSR count). The summed E-state index contributed by atoms with van der Waals surface area (Å²) in [7, 11) is -8.80. The third kappa shape index (κ3) is 14.8. The first kappa shape index (κ1) is 59.8. The Morgan fingerprint density at radius 2 is 0.988 bits per heavy atom. The number of anilines is 2. The lowest BCUT2D eigenvalue weighted by molar-refractivity contribution is -0.192. The second-order valence-electron chi connectivity index (χ2n) is 18.7. The molecule has 0 aliphatic rings. The number of carbonyl (C=O) groups is 1. The summed E-state index contributed by atoms with van der Waals surface area (Å²) in [5.74, 6) is -1.70. The van der Waals surface area contributed by atoms with Gasteiger partial charge in [-0.15, -0.1) is 10.2 Å². The number of aliphatic carboxylic acids is 1. The van der Waals surface area contributed by atoms with Crippen molar-refractivity contribution in [1.82, 2.24) is 53.9 Å². The molecule has 10 aromatic rings. The van der Waals surface area contributed by atoms with Crippen molar-refractivity contribution in [1.29, 1.82) is 0 Å². The number of halogens is 7. The highest BCUT2D eigenvalue weighted by molar-refractivity contribution is 7.89. The highest BCUT2D eigenvalue weighted by atomic mass is 32.2. The number of carboxylic acids is 1. The Hall–Kier alpha value is -9.32. The van der Waals surface area contributed by atoms with Crippen LogP contribution >= 0.6 is 0 Å². The molecule has 0 aliphatic heterocycles. The van der Waals surface area contributed by atoms with Gasteiger partial charge in [-0.2, -0.15) is 13.2 Å². The van der Waals surface area contributed by atoms with E-state index < -0.39 is 71.8 Å². The zero-order chi connectivity index (χ0) is 59.9. The van der Waals surface area contributed by atoms with E-state index in [1.807, 2.05) is 109 Å². The van der Waals surface area contributed by atoms with E-state index in [4.69, 9.17) is 20.0 Å². The highest BCUT2D eigenvalue weighted by Gasteiger charge is 2.38. The number of hydrogen-bond donors (Lipinski definition) is 5. The predicted octanol–water partition coefficient (Wildman–Crippen LogP) is 10.2. The Morgan fingerprint density at radius 3 is 1.35 bits per heavy atom. The van der Waals surface area contributed by atoms with Crippen LogP contribution in [0.1, 0.15) is 56.4 Å². The second kappa shape index (κ2) is 24.8. The fourth-order valence-corrected chi connectivity index (χ4v) is 10.3. The van der Waals surface area contributed by atoms with Crippen molar-refractivity contribution in [2.75, 3.05) is 10.6 Å². The Morgan fingerprint density at radius 1 is 0.590 bits per heavy atom. The number of primary sulfonamides is 1. The van der Waals surface area contributed by atoms with Crippen LogP contribution in [0.3, 0.4) is 0 Å². The number of aromatic nitrogens is 10. The molecule has 0 amide bonds. The summed E-state index contributed by atoms with van der Waals surface area (Å²) in [6.07, 6.45) is -2.19. The molecule has 0 fully saturated rings. The number of rotatable bonds is 15. The maximum Gasteiger partial charge on any atom is 0.490 e. The van der Waals surface area contributed by atoms with Gasteiger partial charge >= 0.3 is 12.1 Å². The van der Waals surface area contributed by atoms with Crippen molar-refractivity contribution in [2.24, 2.45) is 5.14 Å². The van der Waals surface area contributed by atoms with Crippen LogP contribution in [-0.2, 0) is 37.9 Å². The SMILES string of the molecule is CC(C)(C)NS(=O)(=O)c1cc(-c2nc(NCc3ccccn3)c3c(-c4ccccc4)ccn3n2)cnc1C(F)F.NS(=O)(=O)c1cc(-c2nc(NCc3ccccn3)c3c(-c4ccccc4)ccn3n2)cnc1C(F)F.O=C(O)C(F)(F)F. The average molecular weight is 1190 g/mol. The fourth-order valence-electron chi connectivity index (χ4n) is 7.98. The summed E-state index contributed by atoms with van der Waals surface area (Å²) in [4.78, 5) is 32.9. The molecule has 8 aromatic heterocycles. The number of pyridine rings is 4. The van der Waals surface area contributed by atoms with Crippen LogP contribution in [0, 0.1) is 0 Å². The van der Waals surface area contributed by atoms with Gasteiger partial charge in [-0.25, -0.2) is 68.1 Å². The van der Waals surface area contributed by atoms with Crippen molar-refractivity contribution in [3.05, 3.63) is 181 Å². The van der Waals surface area contributed by atoms with Gasteiger partial charge in [0.05, 0.1) is 24.5 Å². The van der Waals surface area contributed by atoms with Crippen molar-refractivity contribution >= 4 is 48.7 Å². The minimum absolute atomic E-state index is 0.0689. The first-order valence-corrected chi connectivity index (χ1v) is 27.4. The van der Waals surface area contributed by atoms with E-state index in [9.17, 15) is 47.6 Å². The highest BCUT2D eigenvalue weighted by Crippen LogP contribution is 2.35. The Kier molecular flexibility index (Phi) is 17.9. The fraction of sp³-hybridized carbons (Fsp3) is 0.167.